The second-order valence-corrected chi connectivity index (χ2v) is 12.5. The van der Waals surface area contributed by atoms with Gasteiger partial charge in [-0.3, -0.25) is 14.5 Å². The van der Waals surface area contributed by atoms with E-state index >= 15 is 0 Å². The number of carbonyl (C=O) groups is 3. The number of hydrogen-bond acceptors (Lipinski definition) is 8. The van der Waals surface area contributed by atoms with Gasteiger partial charge in [0.25, 0.3) is 5.91 Å². The number of aromatic nitrogens is 1. The lowest BCUT2D eigenvalue weighted by Gasteiger charge is -2.34. The molecule has 2 atom stereocenters. The van der Waals surface area contributed by atoms with Gasteiger partial charge in [-0.1, -0.05) is 42.5 Å². The van der Waals surface area contributed by atoms with Gasteiger partial charge in [0.05, 0.1) is 11.1 Å². The van der Waals surface area contributed by atoms with Crippen molar-refractivity contribution in [1.82, 2.24) is 15.2 Å². The van der Waals surface area contributed by atoms with Crippen LogP contribution in [0.25, 0.3) is 11.3 Å². The summed E-state index contributed by atoms with van der Waals surface area (Å²) < 4.78 is 11.2. The first-order valence-electron chi connectivity index (χ1n) is 13.9. The molecule has 2 aromatic carbocycles. The van der Waals surface area contributed by atoms with Crippen molar-refractivity contribution in [2.45, 2.75) is 49.7 Å². The van der Waals surface area contributed by atoms with Gasteiger partial charge in [0.15, 0.2) is 5.13 Å². The molecule has 3 aromatic rings. The Labute approximate surface area is 247 Å². The zero-order valence-corrected chi connectivity index (χ0v) is 24.1. The lowest BCUT2D eigenvalue weighted by atomic mass is 9.99. The van der Waals surface area contributed by atoms with Gasteiger partial charge in [0, 0.05) is 41.5 Å². The Kier molecular flexibility index (Phi) is 8.54. The predicted octanol–water partition coefficient (Wildman–Crippen LogP) is 5.15. The predicted molar refractivity (Wildman–Crippen MR) is 159 cm³/mol. The van der Waals surface area contributed by atoms with Crippen molar-refractivity contribution in [2.75, 3.05) is 24.3 Å². The summed E-state index contributed by atoms with van der Waals surface area (Å²) in [5, 5.41) is 8.09. The first kappa shape index (κ1) is 27.7. The summed E-state index contributed by atoms with van der Waals surface area (Å²) >= 11 is 2.95. The lowest BCUT2D eigenvalue weighted by Crippen LogP contribution is -2.50. The molecule has 214 valence electrons. The minimum absolute atomic E-state index is 0.0642. The van der Waals surface area contributed by atoms with Crippen molar-refractivity contribution >= 4 is 46.1 Å². The quantitative estimate of drug-likeness (QED) is 0.372. The average Bonchev–Trinajstić information content (AvgIpc) is 3.51. The third kappa shape index (κ3) is 6.74. The number of ether oxygens (including phenoxy) is 2. The number of thioether (sulfide) groups is 1. The van der Waals surface area contributed by atoms with Crippen molar-refractivity contribution in [2.24, 2.45) is 5.92 Å². The molecule has 2 aliphatic heterocycles. The van der Waals surface area contributed by atoms with E-state index in [1.165, 1.54) is 11.3 Å². The summed E-state index contributed by atoms with van der Waals surface area (Å²) in [7, 11) is 0. The highest BCUT2D eigenvalue weighted by atomic mass is 32.2. The number of thiazole rings is 1. The fourth-order valence-corrected chi connectivity index (χ4v) is 7.41. The highest BCUT2D eigenvalue weighted by molar-refractivity contribution is 8.00. The van der Waals surface area contributed by atoms with Gasteiger partial charge >= 0.3 is 6.09 Å². The van der Waals surface area contributed by atoms with Crippen LogP contribution in [0, 0.1) is 5.92 Å². The monoisotopic (exact) mass is 592 g/mol. The SMILES string of the molecule is O=C(NC1CC1)c1ccc(-c2csc(NC(=O)[C@@H]3CSC(C4CCOCC4)N3C(=O)OCc3ccccc3)n2)cc1. The molecule has 3 amide bonds. The van der Waals surface area contributed by atoms with E-state index in [1.807, 2.05) is 47.8 Å². The normalized spacial score (nSPS) is 20.9. The van der Waals surface area contributed by atoms with Crippen LogP contribution in [0.2, 0.25) is 0 Å². The number of amides is 3. The van der Waals surface area contributed by atoms with E-state index < -0.39 is 12.1 Å². The number of nitrogens with one attached hydrogen (secondary N) is 2. The summed E-state index contributed by atoms with van der Waals surface area (Å²) in [6.07, 6.45) is 3.27. The minimum atomic E-state index is -0.673. The molecule has 2 N–H and O–H groups in total. The number of anilines is 1. The lowest BCUT2D eigenvalue weighted by molar-refractivity contribution is -0.120. The van der Waals surface area contributed by atoms with Gasteiger partial charge in [-0.15, -0.1) is 23.1 Å². The smallest absolute Gasteiger partial charge is 0.411 e. The third-order valence-electron chi connectivity index (χ3n) is 7.51. The van der Waals surface area contributed by atoms with Crippen LogP contribution >= 0.6 is 23.1 Å². The van der Waals surface area contributed by atoms with E-state index in [0.717, 1.165) is 36.8 Å². The molecule has 2 saturated heterocycles. The van der Waals surface area contributed by atoms with Crippen LogP contribution in [-0.4, -0.2) is 64.2 Å². The second kappa shape index (κ2) is 12.6. The van der Waals surface area contributed by atoms with Crippen LogP contribution in [0.3, 0.4) is 0 Å². The zero-order chi connectivity index (χ0) is 28.2. The van der Waals surface area contributed by atoms with Gasteiger partial charge in [0.1, 0.15) is 12.6 Å². The van der Waals surface area contributed by atoms with E-state index in [0.29, 0.717) is 41.4 Å². The fraction of sp³-hybridized carbons (Fsp3) is 0.400. The zero-order valence-electron chi connectivity index (χ0n) is 22.5. The topological polar surface area (TPSA) is 110 Å². The van der Waals surface area contributed by atoms with Crippen LogP contribution in [0.1, 0.15) is 41.6 Å². The third-order valence-corrected chi connectivity index (χ3v) is 9.73. The molecular formula is C30H32N4O5S2. The van der Waals surface area contributed by atoms with Gasteiger partial charge < -0.3 is 20.1 Å². The number of benzene rings is 2. The van der Waals surface area contributed by atoms with Gasteiger partial charge in [-0.2, -0.15) is 0 Å². The van der Waals surface area contributed by atoms with Crippen molar-refractivity contribution in [1.29, 1.82) is 0 Å². The summed E-state index contributed by atoms with van der Waals surface area (Å²) in [6.45, 7) is 1.45. The highest BCUT2D eigenvalue weighted by Crippen LogP contribution is 2.39. The largest absolute Gasteiger partial charge is 0.445 e. The molecule has 11 heteroatoms. The summed E-state index contributed by atoms with van der Waals surface area (Å²) in [6, 6.07) is 16.5. The maximum Gasteiger partial charge on any atom is 0.411 e. The Hall–Kier alpha value is -3.41. The van der Waals surface area contributed by atoms with Gasteiger partial charge in [-0.05, 0) is 49.3 Å². The fourth-order valence-electron chi connectivity index (χ4n) is 5.06. The van der Waals surface area contributed by atoms with Crippen LogP contribution in [0.15, 0.2) is 60.0 Å². The van der Waals surface area contributed by atoms with Crippen molar-refractivity contribution in [3.63, 3.8) is 0 Å². The number of rotatable bonds is 8. The molecular weight excluding hydrogens is 560 g/mol. The number of carbonyl (C=O) groups excluding carboxylic acids is 3. The summed E-state index contributed by atoms with van der Waals surface area (Å²) in [5.74, 6) is 0.371. The Bertz CT molecular complexity index is 1370. The highest BCUT2D eigenvalue weighted by Gasteiger charge is 2.46. The Morgan fingerprint density at radius 1 is 1.00 bits per heavy atom. The molecule has 3 fully saturated rings. The van der Waals surface area contributed by atoms with E-state index in [1.54, 1.807) is 28.8 Å². The number of nitrogens with zero attached hydrogens (tertiary/aromatic N) is 2. The standard InChI is InChI=1S/C30H32N4O5S2/c35-26(31-23-10-11-23)21-8-6-20(7-9-21)24-17-41-29(32-24)33-27(36)25-18-40-28(22-12-14-38-15-13-22)34(25)30(37)39-16-19-4-2-1-3-5-19/h1-9,17,22-23,25,28H,10-16,18H2,(H,31,35)(H,32,33,36)/t25-,28?/m0/s1. The van der Waals surface area contributed by atoms with Gasteiger partial charge in [0.2, 0.25) is 5.91 Å². The Morgan fingerprint density at radius 2 is 1.76 bits per heavy atom. The van der Waals surface area contributed by atoms with E-state index in [-0.39, 0.29) is 29.7 Å². The summed E-state index contributed by atoms with van der Waals surface area (Å²) in [4.78, 5) is 45.4. The molecule has 6 rings (SSSR count). The molecule has 1 unspecified atom stereocenters. The van der Waals surface area contributed by atoms with Crippen molar-refractivity contribution in [3.8, 4) is 11.3 Å². The van der Waals surface area contributed by atoms with E-state index in [2.05, 4.69) is 15.6 Å². The van der Waals surface area contributed by atoms with Crippen LogP contribution in [0.4, 0.5) is 9.93 Å². The number of hydrogen-bond donors (Lipinski definition) is 2. The van der Waals surface area contributed by atoms with Crippen LogP contribution in [-0.2, 0) is 20.9 Å². The van der Waals surface area contributed by atoms with Gasteiger partial charge in [-0.25, -0.2) is 9.78 Å². The molecule has 1 saturated carbocycles. The van der Waals surface area contributed by atoms with E-state index in [9.17, 15) is 14.4 Å². The molecule has 3 aliphatic rings. The molecule has 1 aromatic heterocycles. The van der Waals surface area contributed by atoms with Crippen LogP contribution < -0.4 is 10.6 Å². The molecule has 3 heterocycles. The van der Waals surface area contributed by atoms with Crippen molar-refractivity contribution in [3.05, 3.63) is 71.1 Å². The maximum absolute atomic E-state index is 13.5. The maximum atomic E-state index is 13.5. The molecule has 1 aliphatic carbocycles. The molecule has 9 nitrogen and oxygen atoms in total. The average molecular weight is 593 g/mol. The molecule has 0 bridgehead atoms. The Morgan fingerprint density at radius 3 is 2.49 bits per heavy atom. The molecule has 0 spiro atoms. The molecule has 41 heavy (non-hydrogen) atoms. The summed E-state index contributed by atoms with van der Waals surface area (Å²) in [5.41, 5.74) is 3.07. The second-order valence-electron chi connectivity index (χ2n) is 10.5. The Balaban J connectivity index is 1.12. The first-order chi connectivity index (χ1) is 20.0. The first-order valence-corrected chi connectivity index (χ1v) is 15.8. The van der Waals surface area contributed by atoms with E-state index in [4.69, 9.17) is 9.47 Å². The van der Waals surface area contributed by atoms with Crippen LogP contribution in [0.5, 0.6) is 0 Å². The van der Waals surface area contributed by atoms with Crippen molar-refractivity contribution < 1.29 is 23.9 Å². The minimum Gasteiger partial charge on any atom is -0.445 e. The molecule has 0 radical (unpaired) electrons.